The fourth-order valence-electron chi connectivity index (χ4n) is 2.63. The molecule has 0 aliphatic carbocycles. The van der Waals surface area contributed by atoms with Gasteiger partial charge in [0.25, 0.3) is 5.91 Å². The second-order valence-electron chi connectivity index (χ2n) is 5.69. The fraction of sp³-hybridized carbons (Fsp3) is 0.167. The van der Waals surface area contributed by atoms with Crippen molar-refractivity contribution in [3.05, 3.63) is 70.1 Å². The van der Waals surface area contributed by atoms with Crippen molar-refractivity contribution in [2.75, 3.05) is 17.3 Å². The summed E-state index contributed by atoms with van der Waals surface area (Å²) in [6.07, 6.45) is 1.51. The summed E-state index contributed by atoms with van der Waals surface area (Å²) in [6.45, 7) is -0.291. The number of sulfone groups is 1. The number of rotatable bonds is 5. The summed E-state index contributed by atoms with van der Waals surface area (Å²) in [5.41, 5.74) is 0.593. The first-order chi connectivity index (χ1) is 12.4. The molecular formula is C18H15Cl2NO4S. The summed E-state index contributed by atoms with van der Waals surface area (Å²) in [7, 11) is -3.31. The minimum absolute atomic E-state index is 0.157. The molecule has 2 aromatic carbocycles. The molecule has 8 heteroatoms. The summed E-state index contributed by atoms with van der Waals surface area (Å²) in [6, 6.07) is 13.0. The molecule has 1 aliphatic rings. The minimum Gasteiger partial charge on any atom is -0.482 e. The molecule has 5 nitrogen and oxygen atoms in total. The smallest absolute Gasteiger partial charge is 0.265 e. The maximum Gasteiger partial charge on any atom is 0.265 e. The Balaban J connectivity index is 1.80. The summed E-state index contributed by atoms with van der Waals surface area (Å²) in [5.74, 6) is -0.212. The molecule has 1 heterocycles. The second kappa shape index (κ2) is 7.70. The lowest BCUT2D eigenvalue weighted by molar-refractivity contribution is -0.120. The van der Waals surface area contributed by atoms with Crippen molar-refractivity contribution in [1.82, 2.24) is 0 Å². The number of ether oxygens (including phenoxy) is 1. The number of amides is 1. The van der Waals surface area contributed by atoms with Gasteiger partial charge in [0.15, 0.2) is 16.4 Å². The van der Waals surface area contributed by atoms with Crippen LogP contribution in [-0.2, 0) is 14.6 Å². The van der Waals surface area contributed by atoms with Gasteiger partial charge in [-0.2, -0.15) is 0 Å². The van der Waals surface area contributed by atoms with Crippen molar-refractivity contribution in [2.45, 2.75) is 6.04 Å². The number of nitrogens with zero attached hydrogens (tertiary/aromatic N) is 1. The summed E-state index contributed by atoms with van der Waals surface area (Å²) in [4.78, 5) is 14.2. The van der Waals surface area contributed by atoms with Crippen LogP contribution in [0, 0.1) is 0 Å². The van der Waals surface area contributed by atoms with Gasteiger partial charge in [-0.3, -0.25) is 4.79 Å². The monoisotopic (exact) mass is 411 g/mol. The standard InChI is InChI=1S/C18H15Cl2NO4S/c19-13-6-7-17(16(20)10-13)25-11-18(22)21(14-4-2-1-3-5-14)15-8-9-26(23,24)12-15/h1-10,15H,11-12H2/t15-/m1/s1. The highest BCUT2D eigenvalue weighted by atomic mass is 35.5. The molecule has 136 valence electrons. The molecule has 26 heavy (non-hydrogen) atoms. The van der Waals surface area contributed by atoms with E-state index in [2.05, 4.69) is 0 Å². The molecule has 0 unspecified atom stereocenters. The first kappa shape index (κ1) is 18.8. The lowest BCUT2D eigenvalue weighted by atomic mass is 10.2. The highest BCUT2D eigenvalue weighted by molar-refractivity contribution is 7.94. The van der Waals surface area contributed by atoms with E-state index >= 15 is 0 Å². The van der Waals surface area contributed by atoms with Crippen LogP contribution in [-0.4, -0.2) is 32.7 Å². The fourth-order valence-corrected chi connectivity index (χ4v) is 4.36. The van der Waals surface area contributed by atoms with E-state index in [1.165, 1.54) is 17.0 Å². The van der Waals surface area contributed by atoms with Crippen molar-refractivity contribution in [3.8, 4) is 5.75 Å². The van der Waals surface area contributed by atoms with Crippen LogP contribution in [0.3, 0.4) is 0 Å². The average molecular weight is 412 g/mol. The van der Waals surface area contributed by atoms with Gasteiger partial charge in [0.05, 0.1) is 16.8 Å². The van der Waals surface area contributed by atoms with Gasteiger partial charge in [-0.1, -0.05) is 41.4 Å². The van der Waals surface area contributed by atoms with Crippen LogP contribution in [0.5, 0.6) is 5.75 Å². The van der Waals surface area contributed by atoms with E-state index in [1.54, 1.807) is 36.4 Å². The van der Waals surface area contributed by atoms with E-state index in [9.17, 15) is 13.2 Å². The zero-order valence-corrected chi connectivity index (χ0v) is 15.8. The van der Waals surface area contributed by atoms with Crippen LogP contribution in [0.2, 0.25) is 10.0 Å². The highest BCUT2D eigenvalue weighted by Gasteiger charge is 2.31. The highest BCUT2D eigenvalue weighted by Crippen LogP contribution is 2.28. The van der Waals surface area contributed by atoms with Crippen molar-refractivity contribution in [1.29, 1.82) is 0 Å². The number of anilines is 1. The molecular weight excluding hydrogens is 397 g/mol. The summed E-state index contributed by atoms with van der Waals surface area (Å²) in [5, 5.41) is 1.89. The van der Waals surface area contributed by atoms with Crippen LogP contribution in [0.15, 0.2) is 60.0 Å². The van der Waals surface area contributed by atoms with Gasteiger partial charge in [-0.25, -0.2) is 8.42 Å². The number of para-hydroxylation sites is 1. The zero-order chi connectivity index (χ0) is 18.7. The number of carbonyl (C=O) groups is 1. The Morgan fingerprint density at radius 1 is 1.15 bits per heavy atom. The summed E-state index contributed by atoms with van der Waals surface area (Å²) >= 11 is 11.9. The van der Waals surface area contributed by atoms with E-state index in [0.717, 1.165) is 5.41 Å². The van der Waals surface area contributed by atoms with Gasteiger partial charge < -0.3 is 9.64 Å². The third kappa shape index (κ3) is 4.38. The number of benzene rings is 2. The Morgan fingerprint density at radius 3 is 2.50 bits per heavy atom. The normalized spacial score (nSPS) is 17.8. The van der Waals surface area contributed by atoms with Gasteiger partial charge in [0, 0.05) is 16.1 Å². The minimum atomic E-state index is -3.31. The molecule has 1 atom stereocenters. The Morgan fingerprint density at radius 2 is 1.88 bits per heavy atom. The van der Waals surface area contributed by atoms with Crippen LogP contribution >= 0.6 is 23.2 Å². The van der Waals surface area contributed by atoms with Crippen molar-refractivity contribution < 1.29 is 17.9 Å². The predicted molar refractivity (Wildman–Crippen MR) is 103 cm³/mol. The van der Waals surface area contributed by atoms with Crippen LogP contribution < -0.4 is 9.64 Å². The lowest BCUT2D eigenvalue weighted by Gasteiger charge is -2.27. The van der Waals surface area contributed by atoms with Crippen molar-refractivity contribution in [2.24, 2.45) is 0 Å². The SMILES string of the molecule is O=C(COc1ccc(Cl)cc1Cl)N(c1ccccc1)[C@@H]1C=CS(=O)(=O)C1. The van der Waals surface area contributed by atoms with E-state index in [1.807, 2.05) is 6.07 Å². The zero-order valence-electron chi connectivity index (χ0n) is 13.5. The predicted octanol–water partition coefficient (Wildman–Crippen LogP) is 3.72. The Labute approximate surface area is 161 Å². The van der Waals surface area contributed by atoms with E-state index in [-0.39, 0.29) is 18.3 Å². The molecule has 2 aromatic rings. The maximum atomic E-state index is 12.8. The molecule has 1 aliphatic heterocycles. The molecule has 3 rings (SSSR count). The van der Waals surface area contributed by atoms with Gasteiger partial charge >= 0.3 is 0 Å². The van der Waals surface area contributed by atoms with Crippen LogP contribution in [0.1, 0.15) is 0 Å². The largest absolute Gasteiger partial charge is 0.482 e. The Kier molecular flexibility index (Phi) is 5.55. The summed E-state index contributed by atoms with van der Waals surface area (Å²) < 4.78 is 29.1. The molecule has 1 amide bonds. The number of carbonyl (C=O) groups excluding carboxylic acids is 1. The Bertz CT molecular complexity index is 945. The molecule has 0 saturated heterocycles. The second-order valence-corrected chi connectivity index (χ2v) is 8.46. The van der Waals surface area contributed by atoms with Crippen molar-refractivity contribution in [3.63, 3.8) is 0 Å². The topological polar surface area (TPSA) is 63.7 Å². The number of hydrogen-bond acceptors (Lipinski definition) is 4. The van der Waals surface area contributed by atoms with Gasteiger partial charge in [-0.15, -0.1) is 0 Å². The first-order valence-electron chi connectivity index (χ1n) is 7.72. The molecule has 0 radical (unpaired) electrons. The van der Waals surface area contributed by atoms with E-state index < -0.39 is 15.9 Å². The molecule has 0 spiro atoms. The first-order valence-corrected chi connectivity index (χ1v) is 10.2. The quantitative estimate of drug-likeness (QED) is 0.751. The molecule has 0 N–H and O–H groups in total. The number of hydrogen-bond donors (Lipinski definition) is 0. The molecule has 0 fully saturated rings. The van der Waals surface area contributed by atoms with Gasteiger partial charge in [0.1, 0.15) is 5.75 Å². The molecule has 0 saturated carbocycles. The average Bonchev–Trinajstić information content (AvgIpc) is 2.95. The third-order valence-corrected chi connectivity index (χ3v) is 5.70. The van der Waals surface area contributed by atoms with E-state index in [4.69, 9.17) is 27.9 Å². The third-order valence-electron chi connectivity index (χ3n) is 3.79. The number of halogens is 2. The Hall–Kier alpha value is -2.02. The van der Waals surface area contributed by atoms with Gasteiger partial charge in [-0.05, 0) is 36.4 Å². The maximum absolute atomic E-state index is 12.8. The molecule has 0 aromatic heterocycles. The van der Waals surface area contributed by atoms with E-state index in [0.29, 0.717) is 21.5 Å². The lowest BCUT2D eigenvalue weighted by Crippen LogP contribution is -2.43. The van der Waals surface area contributed by atoms with Gasteiger partial charge in [0.2, 0.25) is 0 Å². The van der Waals surface area contributed by atoms with Crippen LogP contribution in [0.25, 0.3) is 0 Å². The van der Waals surface area contributed by atoms with Crippen molar-refractivity contribution >= 4 is 44.6 Å². The van der Waals surface area contributed by atoms with Crippen LogP contribution in [0.4, 0.5) is 5.69 Å². The molecule has 0 bridgehead atoms.